The highest BCUT2D eigenvalue weighted by Gasteiger charge is 2.45. The van der Waals surface area contributed by atoms with Gasteiger partial charge in [-0.1, -0.05) is 65.0 Å². The summed E-state index contributed by atoms with van der Waals surface area (Å²) in [7, 11) is 0. The Hall–Kier alpha value is -4.20. The van der Waals surface area contributed by atoms with Crippen molar-refractivity contribution < 1.29 is 33.9 Å². The van der Waals surface area contributed by atoms with Gasteiger partial charge in [0.2, 0.25) is 29.5 Å². The van der Waals surface area contributed by atoms with Gasteiger partial charge in [0.25, 0.3) is 0 Å². The minimum atomic E-state index is -1.42. The molecule has 300 valence electrons. The Labute approximate surface area is 320 Å². The lowest BCUT2D eigenvalue weighted by molar-refractivity contribution is -0.148. The van der Waals surface area contributed by atoms with Crippen molar-refractivity contribution >= 4 is 35.6 Å². The molecule has 0 radical (unpaired) electrons. The van der Waals surface area contributed by atoms with Crippen LogP contribution in [0.25, 0.3) is 0 Å². The number of carbonyl (C=O) groups is 6. The largest absolute Gasteiger partial charge is 0.392 e. The van der Waals surface area contributed by atoms with Gasteiger partial charge >= 0.3 is 6.03 Å². The summed E-state index contributed by atoms with van der Waals surface area (Å²) < 4.78 is 0. The lowest BCUT2D eigenvalue weighted by Crippen LogP contribution is -2.63. The summed E-state index contributed by atoms with van der Waals surface area (Å²) >= 11 is 0. The van der Waals surface area contributed by atoms with Gasteiger partial charge in [-0.15, -0.1) is 0 Å². The van der Waals surface area contributed by atoms with Gasteiger partial charge in [-0.3, -0.25) is 24.0 Å². The maximum atomic E-state index is 14.1. The molecular weight excluding hydrogens is 690 g/mol. The van der Waals surface area contributed by atoms with Crippen molar-refractivity contribution in [3.05, 3.63) is 35.9 Å². The van der Waals surface area contributed by atoms with Gasteiger partial charge in [0.05, 0.1) is 12.0 Å². The number of hydrogen-bond acceptors (Lipinski definition) is 7. The van der Waals surface area contributed by atoms with E-state index in [1.165, 1.54) is 9.80 Å². The van der Waals surface area contributed by atoms with Crippen molar-refractivity contribution in [2.45, 2.75) is 142 Å². The molecule has 4 rings (SSSR count). The third kappa shape index (κ3) is 10.3. The molecule has 54 heavy (non-hydrogen) atoms. The van der Waals surface area contributed by atoms with Crippen molar-refractivity contribution in [1.82, 2.24) is 30.7 Å². The molecule has 0 bridgehead atoms. The number of nitrogens with one attached hydrogen (secondary N) is 3. The Morgan fingerprint density at radius 1 is 0.889 bits per heavy atom. The average Bonchev–Trinajstić information content (AvgIpc) is 3.93. The zero-order valence-corrected chi connectivity index (χ0v) is 33.0. The normalized spacial score (nSPS) is 22.8. The lowest BCUT2D eigenvalue weighted by Gasteiger charge is -2.36. The molecule has 7 atom stereocenters. The van der Waals surface area contributed by atoms with Gasteiger partial charge in [-0.25, -0.2) is 4.79 Å². The molecule has 3 aliphatic heterocycles. The molecule has 0 spiro atoms. The molecule has 3 aliphatic rings. The van der Waals surface area contributed by atoms with E-state index in [0.29, 0.717) is 64.7 Å². The predicted molar refractivity (Wildman–Crippen MR) is 204 cm³/mol. The molecule has 0 aliphatic carbocycles. The van der Waals surface area contributed by atoms with Crippen LogP contribution in [0.1, 0.15) is 105 Å². The van der Waals surface area contributed by atoms with Gasteiger partial charge < -0.3 is 41.5 Å². The van der Waals surface area contributed by atoms with E-state index in [4.69, 9.17) is 5.73 Å². The molecule has 1 aromatic rings. The molecular formula is C40H63N7O7. The Bertz CT molecular complexity index is 1490. The number of aliphatic hydroxyl groups is 1. The fourth-order valence-corrected chi connectivity index (χ4v) is 8.08. The van der Waals surface area contributed by atoms with Crippen LogP contribution in [0.5, 0.6) is 0 Å². The molecule has 3 heterocycles. The van der Waals surface area contributed by atoms with Crippen molar-refractivity contribution in [2.24, 2.45) is 23.5 Å². The summed E-state index contributed by atoms with van der Waals surface area (Å²) in [5.74, 6) is -3.39. The summed E-state index contributed by atoms with van der Waals surface area (Å²) in [4.78, 5) is 85.7. The molecule has 3 fully saturated rings. The van der Waals surface area contributed by atoms with Gasteiger partial charge in [0.15, 0.2) is 0 Å². The molecule has 0 aromatic heterocycles. The van der Waals surface area contributed by atoms with E-state index in [1.54, 1.807) is 18.7 Å². The summed E-state index contributed by atoms with van der Waals surface area (Å²) in [6, 6.07) is 6.76. The number of nitrogens with zero attached hydrogens (tertiary/aromatic N) is 3. The highest BCUT2D eigenvalue weighted by atomic mass is 16.3. The van der Waals surface area contributed by atoms with Crippen LogP contribution in [0, 0.1) is 17.8 Å². The second-order valence-electron chi connectivity index (χ2n) is 16.3. The maximum Gasteiger partial charge on any atom is 0.317 e. The molecule has 1 aromatic carbocycles. The summed E-state index contributed by atoms with van der Waals surface area (Å²) in [6.45, 7) is 12.6. The molecule has 14 heteroatoms. The predicted octanol–water partition coefficient (Wildman–Crippen LogP) is 2.67. The number of aliphatic hydroxyl groups excluding tert-OH is 1. The summed E-state index contributed by atoms with van der Waals surface area (Å²) in [5, 5.41) is 20.4. The smallest absolute Gasteiger partial charge is 0.317 e. The minimum Gasteiger partial charge on any atom is -0.392 e. The minimum absolute atomic E-state index is 0.0591. The Kier molecular flexibility index (Phi) is 14.9. The number of hydrogen-bond donors (Lipinski definition) is 5. The number of carbonyl (C=O) groups excluding carboxylic acids is 6. The SMILES string of the molecule is CC[C@@](C)(NC(=O)[C@H](CC(C)C)[C@@H](O)C[C@H]1CCCN1C(=O)NCc1ccccc1)C(=O)N[C@H](C(=O)N1CCC[C@@H]1C(=O)N1CCC[C@@H]1C(N)=O)C(C)C. The van der Waals surface area contributed by atoms with Crippen molar-refractivity contribution in [3.63, 3.8) is 0 Å². The number of benzene rings is 1. The first-order valence-electron chi connectivity index (χ1n) is 19.9. The number of amides is 7. The number of rotatable bonds is 16. The van der Waals surface area contributed by atoms with Crippen LogP contribution in [0.15, 0.2) is 30.3 Å². The second-order valence-corrected chi connectivity index (χ2v) is 16.3. The zero-order valence-electron chi connectivity index (χ0n) is 33.0. The number of urea groups is 1. The fourth-order valence-electron chi connectivity index (χ4n) is 8.08. The van der Waals surface area contributed by atoms with E-state index >= 15 is 0 Å². The summed E-state index contributed by atoms with van der Waals surface area (Å²) in [5.41, 5.74) is 5.13. The standard InChI is InChI=1S/C40H63N7O7/c1-7-40(6,38(53)43-33(26(4)5)37(52)47-21-13-18-31(47)36(51)46-20-12-17-30(46)34(41)49)44-35(50)29(22-25(2)3)32(48)23-28-16-11-19-45(28)39(54)42-24-27-14-9-8-10-15-27/h8-10,14-15,25-26,28-33,48H,7,11-13,16-24H2,1-6H3,(H2,41,49)(H,42,54)(H,43,53)(H,44,50)/t28-,29-,30-,31-,32+,33+,40-/m1/s1. The second kappa shape index (κ2) is 18.9. The van der Waals surface area contributed by atoms with Gasteiger partial charge in [0, 0.05) is 32.2 Å². The molecule has 6 N–H and O–H groups in total. The van der Waals surface area contributed by atoms with E-state index in [9.17, 15) is 33.9 Å². The van der Waals surface area contributed by atoms with Crippen LogP contribution < -0.4 is 21.7 Å². The van der Waals surface area contributed by atoms with Crippen molar-refractivity contribution in [3.8, 4) is 0 Å². The lowest BCUT2D eigenvalue weighted by atomic mass is 9.86. The van der Waals surface area contributed by atoms with Crippen LogP contribution in [-0.2, 0) is 30.5 Å². The third-order valence-corrected chi connectivity index (χ3v) is 11.5. The zero-order chi connectivity index (χ0) is 39.7. The monoisotopic (exact) mass is 753 g/mol. The van der Waals surface area contributed by atoms with Gasteiger partial charge in [0.1, 0.15) is 23.7 Å². The van der Waals surface area contributed by atoms with Crippen LogP contribution in [0.2, 0.25) is 0 Å². The first-order valence-corrected chi connectivity index (χ1v) is 19.9. The Morgan fingerprint density at radius 2 is 1.50 bits per heavy atom. The molecule has 0 unspecified atom stereocenters. The van der Waals surface area contributed by atoms with E-state index in [0.717, 1.165) is 12.0 Å². The summed E-state index contributed by atoms with van der Waals surface area (Å²) in [6.07, 6.45) is 3.44. The number of likely N-dealkylation sites (tertiary alicyclic amines) is 3. The highest BCUT2D eigenvalue weighted by Crippen LogP contribution is 2.29. The van der Waals surface area contributed by atoms with Crippen molar-refractivity contribution in [1.29, 1.82) is 0 Å². The maximum absolute atomic E-state index is 14.1. The number of primary amides is 1. The first kappa shape index (κ1) is 42.5. The van der Waals surface area contributed by atoms with Crippen LogP contribution in [-0.4, -0.2) is 111 Å². The third-order valence-electron chi connectivity index (χ3n) is 11.5. The Morgan fingerprint density at radius 3 is 2.11 bits per heavy atom. The van der Waals surface area contributed by atoms with Crippen LogP contribution in [0.3, 0.4) is 0 Å². The molecule has 0 saturated carbocycles. The van der Waals surface area contributed by atoms with E-state index in [-0.39, 0.29) is 42.7 Å². The van der Waals surface area contributed by atoms with E-state index in [1.807, 2.05) is 58.0 Å². The number of nitrogens with two attached hydrogens (primary N) is 1. The topological polar surface area (TPSA) is 194 Å². The quantitative estimate of drug-likeness (QED) is 0.171. The average molecular weight is 754 g/mol. The van der Waals surface area contributed by atoms with Crippen LogP contribution >= 0.6 is 0 Å². The van der Waals surface area contributed by atoms with E-state index in [2.05, 4.69) is 16.0 Å². The Balaban J connectivity index is 1.42. The van der Waals surface area contributed by atoms with Crippen LogP contribution in [0.4, 0.5) is 4.79 Å². The van der Waals surface area contributed by atoms with Gasteiger partial charge in [-0.05, 0) is 82.1 Å². The van der Waals surface area contributed by atoms with E-state index < -0.39 is 59.3 Å². The molecule has 3 saturated heterocycles. The van der Waals surface area contributed by atoms with Crippen molar-refractivity contribution in [2.75, 3.05) is 19.6 Å². The molecule has 14 nitrogen and oxygen atoms in total. The fraction of sp³-hybridized carbons (Fsp3) is 0.700. The molecule has 7 amide bonds. The van der Waals surface area contributed by atoms with Gasteiger partial charge in [-0.2, -0.15) is 0 Å². The first-order chi connectivity index (χ1) is 25.6. The highest BCUT2D eigenvalue weighted by molar-refractivity contribution is 5.97.